The molecule has 26 heavy (non-hydrogen) atoms. The van der Waals surface area contributed by atoms with Crippen molar-refractivity contribution in [2.45, 2.75) is 56.4 Å². The molecule has 4 rings (SSSR count). The van der Waals surface area contributed by atoms with Crippen LogP contribution in [0.4, 0.5) is 0 Å². The lowest BCUT2D eigenvalue weighted by Crippen LogP contribution is -2.38. The zero-order valence-corrected chi connectivity index (χ0v) is 16.7. The molecular formula is C17H24ClN5O2S. The Labute approximate surface area is 159 Å². The van der Waals surface area contributed by atoms with Crippen molar-refractivity contribution in [2.75, 3.05) is 13.1 Å². The normalized spacial score (nSPS) is 19.7. The fourth-order valence-electron chi connectivity index (χ4n) is 4.24. The van der Waals surface area contributed by atoms with E-state index < -0.39 is 10.0 Å². The van der Waals surface area contributed by atoms with Crippen molar-refractivity contribution in [2.24, 2.45) is 7.05 Å². The Morgan fingerprint density at radius 3 is 2.58 bits per heavy atom. The molecule has 7 nitrogen and oxygen atoms in total. The number of nitrogens with zero attached hydrogens (tertiary/aromatic N) is 5. The molecule has 0 amide bonds. The van der Waals surface area contributed by atoms with Gasteiger partial charge in [-0.15, -0.1) is 0 Å². The lowest BCUT2D eigenvalue weighted by molar-refractivity contribution is 0.310. The number of aryl methyl sites for hydroxylation is 3. The quantitative estimate of drug-likeness (QED) is 0.797. The molecule has 2 aromatic heterocycles. The predicted molar refractivity (Wildman–Crippen MR) is 98.9 cm³/mol. The highest BCUT2D eigenvalue weighted by atomic mass is 35.5. The second-order valence-corrected chi connectivity index (χ2v) is 9.47. The molecule has 0 saturated carbocycles. The zero-order chi connectivity index (χ0) is 18.5. The second kappa shape index (κ2) is 6.65. The van der Waals surface area contributed by atoms with Crippen LogP contribution in [0.5, 0.6) is 0 Å². The maximum atomic E-state index is 12.9. The standard InChI is InChI=1S/C17H24ClN5O2S/c1-12-16(23-8-4-3-5-15(23)20-12)13-6-9-22(10-7-13)26(24,25)14-11-19-21(2)17(14)18/h11,13H,3-10H2,1-2H3. The van der Waals surface area contributed by atoms with Gasteiger partial charge in [0.15, 0.2) is 0 Å². The van der Waals surface area contributed by atoms with Crippen LogP contribution in [0.15, 0.2) is 11.1 Å². The molecule has 0 spiro atoms. The Morgan fingerprint density at radius 1 is 1.19 bits per heavy atom. The predicted octanol–water partition coefficient (Wildman–Crippen LogP) is 2.48. The topological polar surface area (TPSA) is 73.0 Å². The molecule has 9 heteroatoms. The van der Waals surface area contributed by atoms with Crippen LogP contribution >= 0.6 is 11.6 Å². The van der Waals surface area contributed by atoms with Crippen LogP contribution in [0, 0.1) is 6.92 Å². The highest BCUT2D eigenvalue weighted by molar-refractivity contribution is 7.89. The van der Waals surface area contributed by atoms with E-state index in [0.29, 0.717) is 19.0 Å². The Balaban J connectivity index is 1.53. The summed E-state index contributed by atoms with van der Waals surface area (Å²) in [6.07, 6.45) is 6.40. The van der Waals surface area contributed by atoms with Gasteiger partial charge in [-0.25, -0.2) is 13.4 Å². The van der Waals surface area contributed by atoms with Crippen LogP contribution in [0.1, 0.15) is 48.8 Å². The van der Waals surface area contributed by atoms with E-state index in [0.717, 1.165) is 31.5 Å². The maximum absolute atomic E-state index is 12.9. The van der Waals surface area contributed by atoms with Gasteiger partial charge >= 0.3 is 0 Å². The Morgan fingerprint density at radius 2 is 1.92 bits per heavy atom. The highest BCUT2D eigenvalue weighted by Gasteiger charge is 2.34. The molecule has 2 aromatic rings. The van der Waals surface area contributed by atoms with Gasteiger partial charge in [0.25, 0.3) is 0 Å². The smallest absolute Gasteiger partial charge is 0.247 e. The summed E-state index contributed by atoms with van der Waals surface area (Å²) in [4.78, 5) is 4.85. The molecule has 0 bridgehead atoms. The number of rotatable bonds is 3. The summed E-state index contributed by atoms with van der Waals surface area (Å²) in [6, 6.07) is 0. The molecule has 0 atom stereocenters. The summed E-state index contributed by atoms with van der Waals surface area (Å²) in [6.45, 7) is 4.12. The first-order valence-electron chi connectivity index (χ1n) is 9.13. The fourth-order valence-corrected chi connectivity index (χ4v) is 6.12. The SMILES string of the molecule is Cc1nc2n(c1C1CCN(S(=O)(=O)c3cnn(C)c3Cl)CC1)CCCC2. The molecule has 1 fully saturated rings. The molecule has 142 valence electrons. The van der Waals surface area contributed by atoms with Crippen molar-refractivity contribution in [3.8, 4) is 0 Å². The van der Waals surface area contributed by atoms with Crippen LogP contribution in [0.3, 0.4) is 0 Å². The number of imidazole rings is 1. The summed E-state index contributed by atoms with van der Waals surface area (Å²) in [5.74, 6) is 1.56. The third-order valence-electron chi connectivity index (χ3n) is 5.60. The van der Waals surface area contributed by atoms with Crippen molar-refractivity contribution >= 4 is 21.6 Å². The largest absolute Gasteiger partial charge is 0.331 e. The summed E-state index contributed by atoms with van der Waals surface area (Å²) in [5, 5.41) is 4.12. The lowest BCUT2D eigenvalue weighted by Gasteiger charge is -2.32. The van der Waals surface area contributed by atoms with Crippen molar-refractivity contribution in [1.29, 1.82) is 0 Å². The van der Waals surface area contributed by atoms with E-state index in [-0.39, 0.29) is 10.0 Å². The first-order valence-corrected chi connectivity index (χ1v) is 10.9. The van der Waals surface area contributed by atoms with Gasteiger partial charge in [-0.05, 0) is 32.6 Å². The van der Waals surface area contributed by atoms with E-state index in [9.17, 15) is 8.42 Å². The van der Waals surface area contributed by atoms with Gasteiger partial charge in [-0.2, -0.15) is 9.40 Å². The summed E-state index contributed by atoms with van der Waals surface area (Å²) < 4.78 is 31.1. The Hall–Kier alpha value is -1.38. The van der Waals surface area contributed by atoms with Crippen LogP contribution in [0.25, 0.3) is 0 Å². The van der Waals surface area contributed by atoms with Crippen LogP contribution in [0.2, 0.25) is 5.15 Å². The van der Waals surface area contributed by atoms with Gasteiger partial charge in [0.1, 0.15) is 15.9 Å². The minimum absolute atomic E-state index is 0.0954. The van der Waals surface area contributed by atoms with Gasteiger partial charge in [0.2, 0.25) is 10.0 Å². The molecule has 0 aliphatic carbocycles. The van der Waals surface area contributed by atoms with Gasteiger partial charge in [0, 0.05) is 44.7 Å². The summed E-state index contributed by atoms with van der Waals surface area (Å²) in [5.41, 5.74) is 2.43. The highest BCUT2D eigenvalue weighted by Crippen LogP contribution is 2.35. The van der Waals surface area contributed by atoms with Crippen LogP contribution in [-0.4, -0.2) is 45.1 Å². The number of sulfonamides is 1. The number of aromatic nitrogens is 4. The van der Waals surface area contributed by atoms with Crippen LogP contribution in [-0.2, 0) is 30.0 Å². The van der Waals surface area contributed by atoms with Crippen LogP contribution < -0.4 is 0 Å². The average molecular weight is 398 g/mol. The van der Waals surface area contributed by atoms with Gasteiger partial charge in [0.05, 0.1) is 11.9 Å². The first kappa shape index (κ1) is 18.0. The van der Waals surface area contributed by atoms with Gasteiger partial charge in [-0.3, -0.25) is 4.68 Å². The Bertz CT molecular complexity index is 925. The van der Waals surface area contributed by atoms with E-state index >= 15 is 0 Å². The molecule has 2 aliphatic rings. The molecule has 0 radical (unpaired) electrons. The average Bonchev–Trinajstić information content (AvgIpc) is 3.14. The number of hydrogen-bond donors (Lipinski definition) is 0. The minimum atomic E-state index is -3.60. The minimum Gasteiger partial charge on any atom is -0.331 e. The third kappa shape index (κ3) is 2.88. The maximum Gasteiger partial charge on any atom is 0.247 e. The molecule has 0 aromatic carbocycles. The molecule has 2 aliphatic heterocycles. The van der Waals surface area contributed by atoms with E-state index in [1.807, 2.05) is 0 Å². The van der Waals surface area contributed by atoms with E-state index in [1.54, 1.807) is 7.05 Å². The third-order valence-corrected chi connectivity index (χ3v) is 8.06. The molecular weight excluding hydrogens is 374 g/mol. The number of hydrogen-bond acceptors (Lipinski definition) is 4. The monoisotopic (exact) mass is 397 g/mol. The number of piperidine rings is 1. The lowest BCUT2D eigenvalue weighted by atomic mass is 9.93. The summed E-state index contributed by atoms with van der Waals surface area (Å²) >= 11 is 6.11. The molecule has 4 heterocycles. The second-order valence-electron chi connectivity index (χ2n) is 7.21. The van der Waals surface area contributed by atoms with Gasteiger partial charge in [-0.1, -0.05) is 11.6 Å². The number of fused-ring (bicyclic) bond motifs is 1. The Kier molecular flexibility index (Phi) is 4.61. The van der Waals surface area contributed by atoms with E-state index in [2.05, 4.69) is 16.6 Å². The van der Waals surface area contributed by atoms with Crippen molar-refractivity contribution in [1.82, 2.24) is 23.6 Å². The van der Waals surface area contributed by atoms with E-state index in [4.69, 9.17) is 16.6 Å². The van der Waals surface area contributed by atoms with Crippen molar-refractivity contribution in [3.05, 3.63) is 28.6 Å². The van der Waals surface area contributed by atoms with E-state index in [1.165, 1.54) is 39.5 Å². The summed E-state index contributed by atoms with van der Waals surface area (Å²) in [7, 11) is -1.96. The fraction of sp³-hybridized carbons (Fsp3) is 0.647. The van der Waals surface area contributed by atoms with Crippen molar-refractivity contribution < 1.29 is 8.42 Å². The molecule has 1 saturated heterocycles. The van der Waals surface area contributed by atoms with Crippen molar-refractivity contribution in [3.63, 3.8) is 0 Å². The first-order chi connectivity index (χ1) is 12.4. The van der Waals surface area contributed by atoms with Gasteiger partial charge < -0.3 is 4.57 Å². The molecule has 0 unspecified atom stereocenters. The molecule has 0 N–H and O–H groups in total. The number of halogens is 1. The zero-order valence-electron chi connectivity index (χ0n) is 15.2.